The van der Waals surface area contributed by atoms with Crippen LogP contribution in [-0.2, 0) is 4.79 Å². The number of hydrogen-bond acceptors (Lipinski definition) is 3. The third kappa shape index (κ3) is 4.56. The molecule has 2 unspecified atom stereocenters. The average Bonchev–Trinajstić information content (AvgIpc) is 2.37. The van der Waals surface area contributed by atoms with Crippen molar-refractivity contribution in [2.24, 2.45) is 5.92 Å². The smallest absolute Gasteiger partial charge is 0.224 e. The first-order valence-electron chi connectivity index (χ1n) is 7.00. The summed E-state index contributed by atoms with van der Waals surface area (Å²) >= 11 is 0. The van der Waals surface area contributed by atoms with Crippen LogP contribution in [0.25, 0.3) is 0 Å². The molecule has 0 bridgehead atoms. The van der Waals surface area contributed by atoms with Gasteiger partial charge in [0.25, 0.3) is 0 Å². The Balaban J connectivity index is 1.88. The fourth-order valence-corrected chi connectivity index (χ4v) is 2.28. The van der Waals surface area contributed by atoms with Gasteiger partial charge in [0.2, 0.25) is 5.91 Å². The van der Waals surface area contributed by atoms with E-state index >= 15 is 0 Å². The largest absolute Gasteiger partial charge is 0.353 e. The zero-order valence-electron chi connectivity index (χ0n) is 11.6. The summed E-state index contributed by atoms with van der Waals surface area (Å²) in [6, 6.07) is 10.2. The van der Waals surface area contributed by atoms with Gasteiger partial charge in [-0.05, 0) is 30.9 Å². The van der Waals surface area contributed by atoms with Gasteiger partial charge in [0.05, 0.1) is 0 Å². The SMILES string of the molecule is CC(C)CCC1CC(=O)NC(Nc2ccccc2)N1. The van der Waals surface area contributed by atoms with E-state index in [9.17, 15) is 4.79 Å². The quantitative estimate of drug-likeness (QED) is 0.762. The number of rotatable bonds is 5. The van der Waals surface area contributed by atoms with Crippen molar-refractivity contribution in [3.8, 4) is 0 Å². The lowest BCUT2D eigenvalue weighted by Crippen LogP contribution is -2.59. The van der Waals surface area contributed by atoms with Crippen molar-refractivity contribution >= 4 is 11.6 Å². The summed E-state index contributed by atoms with van der Waals surface area (Å²) in [4.78, 5) is 11.7. The normalized spacial score (nSPS) is 23.2. The summed E-state index contributed by atoms with van der Waals surface area (Å²) in [7, 11) is 0. The molecule has 0 spiro atoms. The zero-order valence-corrected chi connectivity index (χ0v) is 11.6. The number of benzene rings is 1. The van der Waals surface area contributed by atoms with Gasteiger partial charge in [-0.3, -0.25) is 10.1 Å². The van der Waals surface area contributed by atoms with E-state index in [0.717, 1.165) is 18.5 Å². The second-order valence-corrected chi connectivity index (χ2v) is 5.55. The molecule has 1 aromatic rings. The molecular weight excluding hydrogens is 238 g/mol. The number of carbonyl (C=O) groups excluding carboxylic acids is 1. The number of para-hydroxylation sites is 1. The molecular formula is C15H23N3O. The van der Waals surface area contributed by atoms with E-state index in [1.165, 1.54) is 0 Å². The van der Waals surface area contributed by atoms with Crippen molar-refractivity contribution in [3.05, 3.63) is 30.3 Å². The summed E-state index contributed by atoms with van der Waals surface area (Å²) in [5.74, 6) is 0.785. The van der Waals surface area contributed by atoms with Crippen LogP contribution < -0.4 is 16.0 Å². The maximum Gasteiger partial charge on any atom is 0.224 e. The fourth-order valence-electron chi connectivity index (χ4n) is 2.28. The van der Waals surface area contributed by atoms with E-state index in [0.29, 0.717) is 12.3 Å². The Hall–Kier alpha value is -1.55. The molecule has 4 nitrogen and oxygen atoms in total. The average molecular weight is 261 g/mol. The Morgan fingerprint density at radius 2 is 2.05 bits per heavy atom. The Bertz CT molecular complexity index is 405. The molecule has 1 heterocycles. The van der Waals surface area contributed by atoms with Crippen LogP contribution in [0.4, 0.5) is 5.69 Å². The van der Waals surface area contributed by atoms with Crippen molar-refractivity contribution in [1.29, 1.82) is 0 Å². The lowest BCUT2D eigenvalue weighted by molar-refractivity contribution is -0.124. The predicted octanol–water partition coefficient (Wildman–Crippen LogP) is 2.30. The van der Waals surface area contributed by atoms with Crippen molar-refractivity contribution in [3.63, 3.8) is 0 Å². The third-order valence-corrected chi connectivity index (χ3v) is 3.32. The van der Waals surface area contributed by atoms with Gasteiger partial charge in [-0.15, -0.1) is 0 Å². The van der Waals surface area contributed by atoms with Gasteiger partial charge in [0, 0.05) is 18.2 Å². The highest BCUT2D eigenvalue weighted by Crippen LogP contribution is 2.13. The van der Waals surface area contributed by atoms with E-state index in [4.69, 9.17) is 0 Å². The Kier molecular flexibility index (Phi) is 4.80. The molecule has 0 saturated carbocycles. The molecule has 1 amide bonds. The standard InChI is InChI=1S/C15H23N3O/c1-11(2)8-9-13-10-14(19)18-15(17-13)16-12-6-4-3-5-7-12/h3-7,11,13,15-17H,8-10H2,1-2H3,(H,18,19). The minimum Gasteiger partial charge on any atom is -0.353 e. The molecule has 2 rings (SSSR count). The summed E-state index contributed by atoms with van der Waals surface area (Å²) in [6.07, 6.45) is 2.57. The number of nitrogens with one attached hydrogen (secondary N) is 3. The molecule has 19 heavy (non-hydrogen) atoms. The van der Waals surface area contributed by atoms with Crippen molar-refractivity contribution in [1.82, 2.24) is 10.6 Å². The summed E-state index contributed by atoms with van der Waals surface area (Å²) < 4.78 is 0. The van der Waals surface area contributed by atoms with Gasteiger partial charge in [-0.2, -0.15) is 0 Å². The first-order chi connectivity index (χ1) is 9.13. The molecule has 0 aromatic heterocycles. The van der Waals surface area contributed by atoms with Crippen LogP contribution in [0.15, 0.2) is 30.3 Å². The monoisotopic (exact) mass is 261 g/mol. The van der Waals surface area contributed by atoms with E-state index in [-0.39, 0.29) is 18.2 Å². The van der Waals surface area contributed by atoms with Crippen molar-refractivity contribution in [2.45, 2.75) is 45.4 Å². The third-order valence-electron chi connectivity index (χ3n) is 3.32. The van der Waals surface area contributed by atoms with Gasteiger partial charge >= 0.3 is 0 Å². The van der Waals surface area contributed by atoms with Gasteiger partial charge in [0.15, 0.2) is 6.29 Å². The molecule has 0 aliphatic carbocycles. The molecule has 1 aliphatic heterocycles. The minimum absolute atomic E-state index is 0.112. The highest BCUT2D eigenvalue weighted by Gasteiger charge is 2.25. The van der Waals surface area contributed by atoms with Crippen LogP contribution in [0.3, 0.4) is 0 Å². The highest BCUT2D eigenvalue weighted by atomic mass is 16.2. The molecule has 2 atom stereocenters. The van der Waals surface area contributed by atoms with Gasteiger partial charge < -0.3 is 10.6 Å². The van der Waals surface area contributed by atoms with E-state index < -0.39 is 0 Å². The van der Waals surface area contributed by atoms with E-state index in [2.05, 4.69) is 29.8 Å². The number of anilines is 1. The number of carbonyl (C=O) groups is 1. The molecule has 1 aliphatic rings. The molecule has 1 fully saturated rings. The van der Waals surface area contributed by atoms with Gasteiger partial charge in [-0.1, -0.05) is 32.0 Å². The molecule has 4 heteroatoms. The van der Waals surface area contributed by atoms with E-state index in [1.54, 1.807) is 0 Å². The molecule has 3 N–H and O–H groups in total. The Morgan fingerprint density at radius 3 is 2.74 bits per heavy atom. The first-order valence-corrected chi connectivity index (χ1v) is 7.00. The summed E-state index contributed by atoms with van der Waals surface area (Å²) in [6.45, 7) is 4.42. The fraction of sp³-hybridized carbons (Fsp3) is 0.533. The second kappa shape index (κ2) is 6.57. The van der Waals surface area contributed by atoms with Crippen LogP contribution in [0, 0.1) is 5.92 Å². The van der Waals surface area contributed by atoms with Crippen LogP contribution in [0.2, 0.25) is 0 Å². The molecule has 1 saturated heterocycles. The maximum atomic E-state index is 11.7. The van der Waals surface area contributed by atoms with Crippen LogP contribution in [-0.4, -0.2) is 18.2 Å². The van der Waals surface area contributed by atoms with Crippen molar-refractivity contribution in [2.75, 3.05) is 5.32 Å². The molecule has 0 radical (unpaired) electrons. The number of hydrogen-bond donors (Lipinski definition) is 3. The molecule has 1 aromatic carbocycles. The predicted molar refractivity (Wildman–Crippen MR) is 77.6 cm³/mol. The second-order valence-electron chi connectivity index (χ2n) is 5.55. The van der Waals surface area contributed by atoms with E-state index in [1.807, 2.05) is 30.3 Å². The zero-order chi connectivity index (χ0) is 13.7. The van der Waals surface area contributed by atoms with Gasteiger partial charge in [0.1, 0.15) is 0 Å². The lowest BCUT2D eigenvalue weighted by atomic mass is 10.00. The minimum atomic E-state index is -0.180. The lowest BCUT2D eigenvalue weighted by Gasteiger charge is -2.33. The summed E-state index contributed by atoms with van der Waals surface area (Å²) in [5, 5.41) is 9.65. The summed E-state index contributed by atoms with van der Waals surface area (Å²) in [5.41, 5.74) is 1.00. The maximum absolute atomic E-state index is 11.7. The number of amides is 1. The topological polar surface area (TPSA) is 53.2 Å². The van der Waals surface area contributed by atoms with Gasteiger partial charge in [-0.25, -0.2) is 0 Å². The van der Waals surface area contributed by atoms with Crippen LogP contribution in [0.5, 0.6) is 0 Å². The Labute approximate surface area is 115 Å². The van der Waals surface area contributed by atoms with Crippen LogP contribution in [0.1, 0.15) is 33.1 Å². The first kappa shape index (κ1) is 13.9. The molecule has 104 valence electrons. The highest BCUT2D eigenvalue weighted by molar-refractivity contribution is 5.78. The van der Waals surface area contributed by atoms with Crippen molar-refractivity contribution < 1.29 is 4.79 Å². The Morgan fingerprint density at radius 1 is 1.32 bits per heavy atom. The van der Waals surface area contributed by atoms with Crippen LogP contribution >= 0.6 is 0 Å².